The van der Waals surface area contributed by atoms with Crippen LogP contribution in [-0.2, 0) is 4.79 Å². The highest BCUT2D eigenvalue weighted by Crippen LogP contribution is 2.22. The minimum atomic E-state index is -0.291. The molecular weight excluding hydrogens is 275 g/mol. The molecule has 1 rings (SSSR count). The van der Waals surface area contributed by atoms with Gasteiger partial charge in [0.05, 0.1) is 0 Å². The predicted molar refractivity (Wildman–Crippen MR) is 65.9 cm³/mol. The second-order valence-electron chi connectivity index (χ2n) is 3.25. The van der Waals surface area contributed by atoms with Gasteiger partial charge in [-0.2, -0.15) is 0 Å². The Kier molecular flexibility index (Phi) is 5.25. The standard InChI is InChI=1S/C11H14BrFN2O/c1-2-14-11(16)5-6-15-10-4-3-8(13)7-9(10)12/h3-4,7,15H,2,5-6H2,1H3,(H,14,16). The molecule has 1 aromatic rings. The summed E-state index contributed by atoms with van der Waals surface area (Å²) in [5.74, 6) is -0.283. The summed E-state index contributed by atoms with van der Waals surface area (Å²) in [6, 6.07) is 4.39. The molecule has 0 bridgehead atoms. The summed E-state index contributed by atoms with van der Waals surface area (Å²) in [6.07, 6.45) is 0.400. The Bertz CT molecular complexity index is 371. The second-order valence-corrected chi connectivity index (χ2v) is 4.11. The molecule has 0 heterocycles. The van der Waals surface area contributed by atoms with Crippen molar-refractivity contribution < 1.29 is 9.18 Å². The largest absolute Gasteiger partial charge is 0.384 e. The maximum Gasteiger partial charge on any atom is 0.221 e. The third kappa shape index (κ3) is 4.18. The number of amides is 1. The maximum atomic E-state index is 12.8. The first-order chi connectivity index (χ1) is 7.63. The van der Waals surface area contributed by atoms with Crippen LogP contribution in [0.5, 0.6) is 0 Å². The lowest BCUT2D eigenvalue weighted by molar-refractivity contribution is -0.120. The van der Waals surface area contributed by atoms with Crippen LogP contribution in [-0.4, -0.2) is 19.0 Å². The van der Waals surface area contributed by atoms with Crippen LogP contribution in [0.25, 0.3) is 0 Å². The van der Waals surface area contributed by atoms with E-state index in [1.807, 2.05) is 6.92 Å². The Morgan fingerprint density at radius 3 is 2.88 bits per heavy atom. The minimum absolute atomic E-state index is 0.00762. The maximum absolute atomic E-state index is 12.8. The summed E-state index contributed by atoms with van der Waals surface area (Å²) in [5.41, 5.74) is 0.783. The molecule has 3 nitrogen and oxygen atoms in total. The number of rotatable bonds is 5. The summed E-state index contributed by atoms with van der Waals surface area (Å²) < 4.78 is 13.4. The van der Waals surface area contributed by atoms with Crippen LogP contribution in [0, 0.1) is 5.82 Å². The molecule has 0 fully saturated rings. The van der Waals surface area contributed by atoms with Gasteiger partial charge in [-0.1, -0.05) is 0 Å². The van der Waals surface area contributed by atoms with Crippen molar-refractivity contribution >= 4 is 27.5 Å². The van der Waals surface area contributed by atoms with Crippen molar-refractivity contribution in [2.24, 2.45) is 0 Å². The lowest BCUT2D eigenvalue weighted by Gasteiger charge is -2.08. The topological polar surface area (TPSA) is 41.1 Å². The number of halogens is 2. The van der Waals surface area contributed by atoms with E-state index in [1.165, 1.54) is 12.1 Å². The molecule has 5 heteroatoms. The van der Waals surface area contributed by atoms with E-state index in [2.05, 4.69) is 26.6 Å². The smallest absolute Gasteiger partial charge is 0.221 e. The van der Waals surface area contributed by atoms with Crippen LogP contribution in [0.15, 0.2) is 22.7 Å². The number of hydrogen-bond acceptors (Lipinski definition) is 2. The molecular formula is C11H14BrFN2O. The second kappa shape index (κ2) is 6.48. The van der Waals surface area contributed by atoms with Gasteiger partial charge >= 0.3 is 0 Å². The van der Waals surface area contributed by atoms with Crippen LogP contribution in [0.4, 0.5) is 10.1 Å². The molecule has 0 saturated carbocycles. The minimum Gasteiger partial charge on any atom is -0.384 e. The van der Waals surface area contributed by atoms with Gasteiger partial charge in [0.1, 0.15) is 5.82 Å². The summed E-state index contributed by atoms with van der Waals surface area (Å²) in [5, 5.41) is 5.76. The van der Waals surface area contributed by atoms with Gasteiger partial charge in [-0.3, -0.25) is 4.79 Å². The van der Waals surface area contributed by atoms with Crippen molar-refractivity contribution in [2.45, 2.75) is 13.3 Å². The Morgan fingerprint density at radius 2 is 2.25 bits per heavy atom. The fourth-order valence-corrected chi connectivity index (χ4v) is 1.72. The first-order valence-corrected chi connectivity index (χ1v) is 5.88. The monoisotopic (exact) mass is 288 g/mol. The van der Waals surface area contributed by atoms with E-state index in [4.69, 9.17) is 0 Å². The molecule has 88 valence electrons. The SMILES string of the molecule is CCNC(=O)CCNc1ccc(F)cc1Br. The molecule has 0 spiro atoms. The van der Waals surface area contributed by atoms with E-state index >= 15 is 0 Å². The van der Waals surface area contributed by atoms with Crippen molar-refractivity contribution in [1.82, 2.24) is 5.32 Å². The van der Waals surface area contributed by atoms with E-state index < -0.39 is 0 Å². The first-order valence-electron chi connectivity index (χ1n) is 5.09. The molecule has 16 heavy (non-hydrogen) atoms. The number of nitrogens with one attached hydrogen (secondary N) is 2. The molecule has 0 aliphatic rings. The molecule has 0 aromatic heterocycles. The molecule has 0 atom stereocenters. The zero-order chi connectivity index (χ0) is 12.0. The van der Waals surface area contributed by atoms with E-state index in [9.17, 15) is 9.18 Å². The Morgan fingerprint density at radius 1 is 1.50 bits per heavy atom. The van der Waals surface area contributed by atoms with Gasteiger partial charge in [0.15, 0.2) is 0 Å². The lowest BCUT2D eigenvalue weighted by atomic mass is 10.3. The molecule has 1 amide bonds. The summed E-state index contributed by atoms with van der Waals surface area (Å²) in [4.78, 5) is 11.1. The van der Waals surface area contributed by atoms with E-state index in [0.29, 0.717) is 24.0 Å². The van der Waals surface area contributed by atoms with Gasteiger partial charge < -0.3 is 10.6 Å². The summed E-state index contributed by atoms with van der Waals surface area (Å²) in [7, 11) is 0. The molecule has 1 aromatic carbocycles. The van der Waals surface area contributed by atoms with Gasteiger partial charge in [0.25, 0.3) is 0 Å². The van der Waals surface area contributed by atoms with Crippen LogP contribution in [0.1, 0.15) is 13.3 Å². The molecule has 0 aliphatic carbocycles. The Balaban J connectivity index is 2.40. The average Bonchev–Trinajstić information content (AvgIpc) is 2.22. The van der Waals surface area contributed by atoms with Gasteiger partial charge in [-0.05, 0) is 41.1 Å². The highest BCUT2D eigenvalue weighted by Gasteiger charge is 2.02. The fraction of sp³-hybridized carbons (Fsp3) is 0.364. The lowest BCUT2D eigenvalue weighted by Crippen LogP contribution is -2.24. The van der Waals surface area contributed by atoms with Gasteiger partial charge in [0, 0.05) is 29.7 Å². The van der Waals surface area contributed by atoms with Crippen LogP contribution in [0.2, 0.25) is 0 Å². The van der Waals surface area contributed by atoms with Crippen molar-refractivity contribution in [3.8, 4) is 0 Å². The quantitative estimate of drug-likeness (QED) is 0.874. The highest BCUT2D eigenvalue weighted by molar-refractivity contribution is 9.10. The van der Waals surface area contributed by atoms with Gasteiger partial charge in [-0.15, -0.1) is 0 Å². The molecule has 0 aliphatic heterocycles. The normalized spacial score (nSPS) is 9.94. The van der Waals surface area contributed by atoms with Crippen molar-refractivity contribution in [2.75, 3.05) is 18.4 Å². The number of carbonyl (C=O) groups excluding carboxylic acids is 1. The zero-order valence-electron chi connectivity index (χ0n) is 9.02. The number of benzene rings is 1. The van der Waals surface area contributed by atoms with Gasteiger partial charge in [-0.25, -0.2) is 4.39 Å². The molecule has 2 N–H and O–H groups in total. The number of carbonyl (C=O) groups is 1. The van der Waals surface area contributed by atoms with Crippen LogP contribution < -0.4 is 10.6 Å². The molecule has 0 radical (unpaired) electrons. The molecule has 0 saturated heterocycles. The highest BCUT2D eigenvalue weighted by atomic mass is 79.9. The zero-order valence-corrected chi connectivity index (χ0v) is 10.6. The fourth-order valence-electron chi connectivity index (χ4n) is 1.23. The first kappa shape index (κ1) is 13.0. The Hall–Kier alpha value is -1.10. The Labute approximate surface area is 103 Å². The van der Waals surface area contributed by atoms with E-state index in [0.717, 1.165) is 5.69 Å². The van der Waals surface area contributed by atoms with Crippen molar-refractivity contribution in [1.29, 1.82) is 0 Å². The van der Waals surface area contributed by atoms with Crippen LogP contribution in [0.3, 0.4) is 0 Å². The predicted octanol–water partition coefficient (Wildman–Crippen LogP) is 2.53. The van der Waals surface area contributed by atoms with Crippen molar-refractivity contribution in [3.05, 3.63) is 28.5 Å². The van der Waals surface area contributed by atoms with Crippen molar-refractivity contribution in [3.63, 3.8) is 0 Å². The summed E-state index contributed by atoms with van der Waals surface area (Å²) >= 11 is 3.24. The third-order valence-electron chi connectivity index (χ3n) is 1.97. The average molecular weight is 289 g/mol. The molecule has 0 unspecified atom stereocenters. The number of anilines is 1. The number of hydrogen-bond donors (Lipinski definition) is 2. The van der Waals surface area contributed by atoms with Crippen LogP contribution >= 0.6 is 15.9 Å². The van der Waals surface area contributed by atoms with E-state index in [1.54, 1.807) is 6.07 Å². The van der Waals surface area contributed by atoms with E-state index in [-0.39, 0.29) is 11.7 Å². The van der Waals surface area contributed by atoms with Gasteiger partial charge in [0.2, 0.25) is 5.91 Å². The third-order valence-corrected chi connectivity index (χ3v) is 2.63. The summed E-state index contributed by atoms with van der Waals surface area (Å²) in [6.45, 7) is 3.04.